The maximum atomic E-state index is 12.6. The van der Waals surface area contributed by atoms with Crippen molar-refractivity contribution in [2.75, 3.05) is 50.4 Å². The van der Waals surface area contributed by atoms with Crippen molar-refractivity contribution in [1.82, 2.24) is 9.21 Å². The standard InChI is InChI=1S/C19H25N3O5S3/c1-3-27-19(24)17-14(15-6-5-11-28-15)13-29-18(17)20-16(23)12-21-7-9-22(10-8-21)30(25,26)4-2/h5-6,11,13H,3-4,7-10,12H2,1-2H3,(H,20,23). The minimum Gasteiger partial charge on any atom is -0.462 e. The normalized spacial score (nSPS) is 15.8. The summed E-state index contributed by atoms with van der Waals surface area (Å²) in [5.74, 6) is -0.627. The van der Waals surface area contributed by atoms with E-state index < -0.39 is 16.0 Å². The summed E-state index contributed by atoms with van der Waals surface area (Å²) in [6, 6.07) is 3.83. The molecule has 0 atom stereocenters. The zero-order chi connectivity index (χ0) is 21.7. The van der Waals surface area contributed by atoms with Crippen LogP contribution < -0.4 is 5.32 Å². The van der Waals surface area contributed by atoms with Crippen LogP contribution in [0.4, 0.5) is 5.00 Å². The van der Waals surface area contributed by atoms with E-state index in [2.05, 4.69) is 5.32 Å². The minimum atomic E-state index is -3.20. The molecule has 1 amide bonds. The van der Waals surface area contributed by atoms with Gasteiger partial charge in [0.25, 0.3) is 0 Å². The molecule has 2 aromatic heterocycles. The number of esters is 1. The fourth-order valence-corrected chi connectivity index (χ4v) is 6.06. The fourth-order valence-electron chi connectivity index (χ4n) is 3.19. The number of nitrogens with one attached hydrogen (secondary N) is 1. The number of piperazine rings is 1. The number of thiophene rings is 2. The average Bonchev–Trinajstić information content (AvgIpc) is 3.38. The van der Waals surface area contributed by atoms with Gasteiger partial charge in [-0.2, -0.15) is 4.31 Å². The Labute approximate surface area is 184 Å². The SMILES string of the molecule is CCOC(=O)c1c(-c2cccs2)csc1NC(=O)CN1CCN(S(=O)(=O)CC)CC1. The summed E-state index contributed by atoms with van der Waals surface area (Å²) >= 11 is 2.81. The molecule has 0 saturated carbocycles. The molecule has 30 heavy (non-hydrogen) atoms. The molecule has 164 valence electrons. The molecule has 0 radical (unpaired) electrons. The average molecular weight is 472 g/mol. The molecule has 1 N–H and O–H groups in total. The molecular weight excluding hydrogens is 446 g/mol. The number of nitrogens with zero attached hydrogens (tertiary/aromatic N) is 2. The number of hydrogen-bond donors (Lipinski definition) is 1. The van der Waals surface area contributed by atoms with Crippen molar-refractivity contribution in [3.8, 4) is 10.4 Å². The van der Waals surface area contributed by atoms with Crippen LogP contribution in [0.1, 0.15) is 24.2 Å². The van der Waals surface area contributed by atoms with Gasteiger partial charge in [-0.1, -0.05) is 6.07 Å². The third kappa shape index (κ3) is 5.27. The Morgan fingerprint density at radius 3 is 2.50 bits per heavy atom. The van der Waals surface area contributed by atoms with Crippen LogP contribution in [0.15, 0.2) is 22.9 Å². The van der Waals surface area contributed by atoms with E-state index in [4.69, 9.17) is 4.74 Å². The number of carbonyl (C=O) groups excluding carboxylic acids is 2. The summed E-state index contributed by atoms with van der Waals surface area (Å²) in [5.41, 5.74) is 1.12. The Morgan fingerprint density at radius 1 is 1.17 bits per heavy atom. The van der Waals surface area contributed by atoms with Gasteiger partial charge in [-0.15, -0.1) is 22.7 Å². The highest BCUT2D eigenvalue weighted by Gasteiger charge is 2.27. The molecule has 2 aromatic rings. The zero-order valence-electron chi connectivity index (χ0n) is 16.9. The maximum absolute atomic E-state index is 12.6. The van der Waals surface area contributed by atoms with Crippen LogP contribution in [0.2, 0.25) is 0 Å². The smallest absolute Gasteiger partial charge is 0.341 e. The first kappa shape index (κ1) is 22.9. The highest BCUT2D eigenvalue weighted by atomic mass is 32.2. The van der Waals surface area contributed by atoms with Gasteiger partial charge in [-0.05, 0) is 25.3 Å². The lowest BCUT2D eigenvalue weighted by Crippen LogP contribution is -2.50. The van der Waals surface area contributed by atoms with Crippen LogP contribution in [0.5, 0.6) is 0 Å². The minimum absolute atomic E-state index is 0.0784. The predicted molar refractivity (Wildman–Crippen MR) is 120 cm³/mol. The van der Waals surface area contributed by atoms with Crippen molar-refractivity contribution in [2.45, 2.75) is 13.8 Å². The molecule has 0 spiro atoms. The summed E-state index contributed by atoms with van der Waals surface area (Å²) in [4.78, 5) is 28.0. The van der Waals surface area contributed by atoms with Crippen molar-refractivity contribution in [1.29, 1.82) is 0 Å². The molecule has 0 bridgehead atoms. The maximum Gasteiger partial charge on any atom is 0.341 e. The number of ether oxygens (including phenoxy) is 1. The molecular formula is C19H25N3O5S3. The summed E-state index contributed by atoms with van der Waals surface area (Å²) < 4.78 is 30.6. The first-order valence-electron chi connectivity index (χ1n) is 9.68. The molecule has 1 aliphatic rings. The van der Waals surface area contributed by atoms with Crippen molar-refractivity contribution in [2.24, 2.45) is 0 Å². The highest BCUT2D eigenvalue weighted by molar-refractivity contribution is 7.89. The molecule has 1 saturated heterocycles. The van der Waals surface area contributed by atoms with Gasteiger partial charge in [-0.25, -0.2) is 13.2 Å². The van der Waals surface area contributed by atoms with Crippen LogP contribution >= 0.6 is 22.7 Å². The summed E-state index contributed by atoms with van der Waals surface area (Å²) in [7, 11) is -3.20. The third-order valence-electron chi connectivity index (χ3n) is 4.77. The largest absolute Gasteiger partial charge is 0.462 e. The van der Waals surface area contributed by atoms with Crippen molar-refractivity contribution in [3.05, 3.63) is 28.5 Å². The van der Waals surface area contributed by atoms with Gasteiger partial charge < -0.3 is 10.1 Å². The summed E-state index contributed by atoms with van der Waals surface area (Å²) in [6.07, 6.45) is 0. The third-order valence-corrected chi connectivity index (χ3v) is 8.45. The number of amides is 1. The van der Waals surface area contributed by atoms with Crippen LogP contribution in [-0.4, -0.2) is 74.6 Å². The van der Waals surface area contributed by atoms with E-state index in [1.54, 1.807) is 13.8 Å². The molecule has 8 nitrogen and oxygen atoms in total. The molecule has 0 aliphatic carbocycles. The van der Waals surface area contributed by atoms with E-state index in [0.29, 0.717) is 36.7 Å². The van der Waals surface area contributed by atoms with E-state index in [-0.39, 0.29) is 24.8 Å². The quantitative estimate of drug-likeness (QED) is 0.595. The molecule has 0 unspecified atom stereocenters. The van der Waals surface area contributed by atoms with Gasteiger partial charge in [0, 0.05) is 42.0 Å². The van der Waals surface area contributed by atoms with E-state index in [1.807, 2.05) is 27.8 Å². The topological polar surface area (TPSA) is 96.0 Å². The number of rotatable bonds is 8. The van der Waals surface area contributed by atoms with Crippen LogP contribution in [-0.2, 0) is 19.6 Å². The second-order valence-electron chi connectivity index (χ2n) is 6.68. The van der Waals surface area contributed by atoms with Crippen LogP contribution in [0.3, 0.4) is 0 Å². The Bertz CT molecular complexity index is 977. The summed E-state index contributed by atoms with van der Waals surface area (Å²) in [5, 5.41) is 7.09. The second-order valence-corrected chi connectivity index (χ2v) is 10.8. The second kappa shape index (κ2) is 10.0. The van der Waals surface area contributed by atoms with Crippen LogP contribution in [0.25, 0.3) is 10.4 Å². The van der Waals surface area contributed by atoms with Crippen molar-refractivity contribution < 1.29 is 22.7 Å². The Hall–Kier alpha value is -1.79. The molecule has 1 fully saturated rings. The van der Waals surface area contributed by atoms with E-state index in [1.165, 1.54) is 27.0 Å². The Morgan fingerprint density at radius 2 is 1.90 bits per heavy atom. The van der Waals surface area contributed by atoms with Crippen molar-refractivity contribution >= 4 is 49.6 Å². The number of hydrogen-bond acceptors (Lipinski definition) is 8. The monoisotopic (exact) mass is 471 g/mol. The van der Waals surface area contributed by atoms with E-state index in [0.717, 1.165) is 10.4 Å². The number of carbonyl (C=O) groups is 2. The lowest BCUT2D eigenvalue weighted by Gasteiger charge is -2.33. The molecule has 0 aromatic carbocycles. The van der Waals surface area contributed by atoms with Gasteiger partial charge in [0.05, 0.1) is 18.9 Å². The Kier molecular flexibility index (Phi) is 7.64. The fraction of sp³-hybridized carbons (Fsp3) is 0.474. The van der Waals surface area contributed by atoms with Gasteiger partial charge >= 0.3 is 5.97 Å². The first-order chi connectivity index (χ1) is 14.4. The Balaban J connectivity index is 1.66. The molecule has 11 heteroatoms. The molecule has 1 aliphatic heterocycles. The molecule has 3 rings (SSSR count). The van der Waals surface area contributed by atoms with Crippen LogP contribution in [0, 0.1) is 0 Å². The highest BCUT2D eigenvalue weighted by Crippen LogP contribution is 2.38. The number of sulfonamides is 1. The van der Waals surface area contributed by atoms with Crippen molar-refractivity contribution in [3.63, 3.8) is 0 Å². The number of anilines is 1. The lowest BCUT2D eigenvalue weighted by atomic mass is 10.1. The van der Waals surface area contributed by atoms with Gasteiger partial charge in [0.15, 0.2) is 0 Å². The van der Waals surface area contributed by atoms with E-state index in [9.17, 15) is 18.0 Å². The predicted octanol–water partition coefficient (Wildman–Crippen LogP) is 2.56. The molecule has 3 heterocycles. The first-order valence-corrected chi connectivity index (χ1v) is 13.0. The van der Waals surface area contributed by atoms with Gasteiger partial charge in [0.1, 0.15) is 10.6 Å². The van der Waals surface area contributed by atoms with Gasteiger partial charge in [-0.3, -0.25) is 9.69 Å². The van der Waals surface area contributed by atoms with Gasteiger partial charge in [0.2, 0.25) is 15.9 Å². The van der Waals surface area contributed by atoms with E-state index >= 15 is 0 Å². The zero-order valence-corrected chi connectivity index (χ0v) is 19.4. The summed E-state index contributed by atoms with van der Waals surface area (Å²) in [6.45, 7) is 5.47. The lowest BCUT2D eigenvalue weighted by molar-refractivity contribution is -0.117.